The number of hydrogen-bond acceptors (Lipinski definition) is 4. The van der Waals surface area contributed by atoms with Gasteiger partial charge in [-0.2, -0.15) is 0 Å². The molecule has 0 spiro atoms. The van der Waals surface area contributed by atoms with Crippen LogP contribution >= 0.6 is 0 Å². The Kier molecular flexibility index (Phi) is 5.07. The van der Waals surface area contributed by atoms with Gasteiger partial charge in [-0.25, -0.2) is 0 Å². The van der Waals surface area contributed by atoms with Crippen LogP contribution in [0, 0.1) is 0 Å². The number of benzene rings is 1. The van der Waals surface area contributed by atoms with Gasteiger partial charge in [0.15, 0.2) is 11.5 Å². The lowest BCUT2D eigenvalue weighted by atomic mass is 10.0. The average molecular weight is 293 g/mol. The second-order valence-electron chi connectivity index (χ2n) is 5.59. The van der Waals surface area contributed by atoms with E-state index in [0.717, 1.165) is 31.5 Å². The Hall–Kier alpha value is -1.75. The third-order valence-corrected chi connectivity index (χ3v) is 4.02. The second-order valence-corrected chi connectivity index (χ2v) is 5.59. The van der Waals surface area contributed by atoms with E-state index in [0.29, 0.717) is 11.5 Å². The Labute approximate surface area is 125 Å². The molecule has 5 nitrogen and oxygen atoms in total. The Morgan fingerprint density at radius 1 is 1.33 bits per heavy atom. The summed E-state index contributed by atoms with van der Waals surface area (Å²) in [5.74, 6) is -0.120. The van der Waals surface area contributed by atoms with Crippen LogP contribution in [0.2, 0.25) is 0 Å². The number of piperidine rings is 1. The first-order chi connectivity index (χ1) is 10.0. The van der Waals surface area contributed by atoms with Crippen molar-refractivity contribution in [1.82, 2.24) is 4.90 Å². The predicted octanol–water partition coefficient (Wildman–Crippen LogP) is 2.36. The van der Waals surface area contributed by atoms with Crippen molar-refractivity contribution in [2.24, 2.45) is 0 Å². The fourth-order valence-electron chi connectivity index (χ4n) is 2.48. The molecule has 1 aromatic rings. The maximum atomic E-state index is 11.1. The summed E-state index contributed by atoms with van der Waals surface area (Å²) in [6.07, 6.45) is 2.18. The Morgan fingerprint density at radius 2 is 2.00 bits per heavy atom. The van der Waals surface area contributed by atoms with Crippen molar-refractivity contribution in [3.8, 4) is 11.5 Å². The monoisotopic (exact) mass is 293 g/mol. The maximum Gasteiger partial charge on any atom is 0.310 e. The molecule has 1 aliphatic rings. The predicted molar refractivity (Wildman–Crippen MR) is 80.2 cm³/mol. The van der Waals surface area contributed by atoms with Crippen LogP contribution in [0.4, 0.5) is 0 Å². The van der Waals surface area contributed by atoms with E-state index in [-0.39, 0.29) is 6.10 Å². The van der Waals surface area contributed by atoms with Crippen LogP contribution in [0.1, 0.15) is 31.2 Å². The van der Waals surface area contributed by atoms with Gasteiger partial charge in [-0.05, 0) is 44.5 Å². The van der Waals surface area contributed by atoms with E-state index in [1.807, 2.05) is 6.07 Å². The van der Waals surface area contributed by atoms with Gasteiger partial charge in [-0.1, -0.05) is 6.07 Å². The van der Waals surface area contributed by atoms with Gasteiger partial charge in [0.2, 0.25) is 0 Å². The molecule has 1 N–H and O–H groups in total. The summed E-state index contributed by atoms with van der Waals surface area (Å²) in [7, 11) is 3.69. The highest BCUT2D eigenvalue weighted by Crippen LogP contribution is 2.32. The van der Waals surface area contributed by atoms with E-state index in [1.165, 1.54) is 0 Å². The van der Waals surface area contributed by atoms with Gasteiger partial charge in [-0.15, -0.1) is 0 Å². The van der Waals surface area contributed by atoms with Crippen LogP contribution in [0.25, 0.3) is 0 Å². The molecular formula is C16H23NO4. The number of likely N-dealkylation sites (tertiary alicyclic amines) is 1. The summed E-state index contributed by atoms with van der Waals surface area (Å²) < 4.78 is 11.4. The number of rotatable bonds is 5. The quantitative estimate of drug-likeness (QED) is 0.903. The molecule has 0 radical (unpaired) electrons. The standard InChI is InChI=1S/C16H23NO4/c1-11(16(18)19)12-4-5-14(15(10-12)20-3)21-13-6-8-17(2)9-7-13/h4-5,10-11,13H,6-9H2,1-3H3,(H,18,19). The third kappa shape index (κ3) is 3.88. The van der Waals surface area contributed by atoms with Gasteiger partial charge < -0.3 is 19.5 Å². The van der Waals surface area contributed by atoms with Gasteiger partial charge in [-0.3, -0.25) is 4.79 Å². The highest BCUT2D eigenvalue weighted by Gasteiger charge is 2.21. The van der Waals surface area contributed by atoms with Crippen LogP contribution in [-0.2, 0) is 4.79 Å². The first-order valence-electron chi connectivity index (χ1n) is 7.27. The van der Waals surface area contributed by atoms with Crippen molar-refractivity contribution in [2.45, 2.75) is 31.8 Å². The zero-order chi connectivity index (χ0) is 15.4. The largest absolute Gasteiger partial charge is 0.493 e. The highest BCUT2D eigenvalue weighted by molar-refractivity contribution is 5.75. The minimum absolute atomic E-state index is 0.192. The van der Waals surface area contributed by atoms with Gasteiger partial charge in [0.1, 0.15) is 6.10 Å². The fourth-order valence-corrected chi connectivity index (χ4v) is 2.48. The maximum absolute atomic E-state index is 11.1. The molecular weight excluding hydrogens is 270 g/mol. The first kappa shape index (κ1) is 15.6. The van der Waals surface area contributed by atoms with Crippen molar-refractivity contribution in [1.29, 1.82) is 0 Å². The van der Waals surface area contributed by atoms with Gasteiger partial charge in [0.25, 0.3) is 0 Å². The minimum Gasteiger partial charge on any atom is -0.493 e. The lowest BCUT2D eigenvalue weighted by Crippen LogP contribution is -2.35. The lowest BCUT2D eigenvalue weighted by molar-refractivity contribution is -0.138. The number of methoxy groups -OCH3 is 1. The van der Waals surface area contributed by atoms with E-state index in [2.05, 4.69) is 11.9 Å². The van der Waals surface area contributed by atoms with Crippen molar-refractivity contribution in [2.75, 3.05) is 27.2 Å². The van der Waals surface area contributed by atoms with Gasteiger partial charge in [0.05, 0.1) is 13.0 Å². The fraction of sp³-hybridized carbons (Fsp3) is 0.562. The molecule has 1 atom stereocenters. The minimum atomic E-state index is -0.846. The molecule has 1 unspecified atom stereocenters. The number of hydrogen-bond donors (Lipinski definition) is 1. The molecule has 0 saturated carbocycles. The normalized spacial score (nSPS) is 18.2. The van der Waals surface area contributed by atoms with Crippen molar-refractivity contribution >= 4 is 5.97 Å². The van der Waals surface area contributed by atoms with E-state index >= 15 is 0 Å². The topological polar surface area (TPSA) is 59.0 Å². The van der Waals surface area contributed by atoms with E-state index in [4.69, 9.17) is 14.6 Å². The molecule has 5 heteroatoms. The van der Waals surface area contributed by atoms with Crippen molar-refractivity contribution in [3.63, 3.8) is 0 Å². The zero-order valence-electron chi connectivity index (χ0n) is 12.8. The SMILES string of the molecule is COc1cc(C(C)C(=O)O)ccc1OC1CCN(C)CC1. The molecule has 0 amide bonds. The van der Waals surface area contributed by atoms with Crippen LogP contribution < -0.4 is 9.47 Å². The summed E-state index contributed by atoms with van der Waals surface area (Å²) in [6, 6.07) is 5.36. The molecule has 2 rings (SSSR count). The smallest absolute Gasteiger partial charge is 0.310 e. The van der Waals surface area contributed by atoms with Gasteiger partial charge in [0, 0.05) is 13.1 Å². The average Bonchev–Trinajstić information content (AvgIpc) is 2.49. The zero-order valence-corrected chi connectivity index (χ0v) is 12.8. The second kappa shape index (κ2) is 6.80. The molecule has 0 aromatic heterocycles. The number of carboxylic acids is 1. The summed E-state index contributed by atoms with van der Waals surface area (Å²) in [5, 5.41) is 9.08. The number of carbonyl (C=O) groups is 1. The van der Waals surface area contributed by atoms with Crippen molar-refractivity contribution in [3.05, 3.63) is 23.8 Å². The Balaban J connectivity index is 2.11. The molecule has 1 aromatic carbocycles. The summed E-state index contributed by atoms with van der Waals surface area (Å²) in [6.45, 7) is 3.72. The summed E-state index contributed by atoms with van der Waals surface area (Å²) >= 11 is 0. The van der Waals surface area contributed by atoms with Crippen molar-refractivity contribution < 1.29 is 19.4 Å². The van der Waals surface area contributed by atoms with Crippen LogP contribution in [0.3, 0.4) is 0 Å². The van der Waals surface area contributed by atoms with Gasteiger partial charge >= 0.3 is 5.97 Å². The molecule has 0 bridgehead atoms. The summed E-state index contributed by atoms with van der Waals surface area (Å²) in [5.41, 5.74) is 0.718. The first-order valence-corrected chi connectivity index (χ1v) is 7.27. The molecule has 116 valence electrons. The molecule has 1 fully saturated rings. The number of aliphatic carboxylic acids is 1. The molecule has 21 heavy (non-hydrogen) atoms. The van der Waals surface area contributed by atoms with E-state index < -0.39 is 11.9 Å². The van der Waals surface area contributed by atoms with Crippen LogP contribution in [-0.4, -0.2) is 49.3 Å². The number of ether oxygens (including phenoxy) is 2. The Bertz CT molecular complexity index is 495. The number of carboxylic acid groups (broad SMARTS) is 1. The van der Waals surface area contributed by atoms with E-state index in [1.54, 1.807) is 26.2 Å². The highest BCUT2D eigenvalue weighted by atomic mass is 16.5. The van der Waals surface area contributed by atoms with E-state index in [9.17, 15) is 4.79 Å². The summed E-state index contributed by atoms with van der Waals surface area (Å²) in [4.78, 5) is 13.3. The van der Waals surface area contributed by atoms with Crippen LogP contribution in [0.15, 0.2) is 18.2 Å². The number of nitrogens with zero attached hydrogens (tertiary/aromatic N) is 1. The van der Waals surface area contributed by atoms with Crippen LogP contribution in [0.5, 0.6) is 11.5 Å². The molecule has 1 aliphatic heterocycles. The Morgan fingerprint density at radius 3 is 2.57 bits per heavy atom. The molecule has 1 saturated heterocycles. The molecule has 1 heterocycles. The molecule has 0 aliphatic carbocycles. The third-order valence-electron chi connectivity index (χ3n) is 4.02. The lowest BCUT2D eigenvalue weighted by Gasteiger charge is -2.29.